The third kappa shape index (κ3) is 7.79. The van der Waals surface area contributed by atoms with Crippen molar-refractivity contribution in [1.82, 2.24) is 4.57 Å². The Bertz CT molecular complexity index is 1850. The SMILES string of the molecule is CC(=O)OCC1OC(n2c(-c3ccccc3)c(C(C)=O)c(-c3ccc(Cl)cc3)c(C#N)c2=S)C(OC(C)=O)C(OC(C)=O)C1OC(C)=O. The highest BCUT2D eigenvalue weighted by Gasteiger charge is 2.53. The van der Waals surface area contributed by atoms with Gasteiger partial charge in [-0.25, -0.2) is 0 Å². The molecule has 1 aliphatic heterocycles. The number of esters is 4. The van der Waals surface area contributed by atoms with E-state index < -0.39 is 66.9 Å². The summed E-state index contributed by atoms with van der Waals surface area (Å²) >= 11 is 12.1. The molecule has 12 nitrogen and oxygen atoms in total. The first kappa shape index (κ1) is 35.9. The maximum Gasteiger partial charge on any atom is 0.303 e. The Morgan fingerprint density at radius 2 is 1.38 bits per heavy atom. The van der Waals surface area contributed by atoms with E-state index in [0.717, 1.165) is 27.7 Å². The van der Waals surface area contributed by atoms with Crippen molar-refractivity contribution in [3.63, 3.8) is 0 Å². The largest absolute Gasteiger partial charge is 0.463 e. The van der Waals surface area contributed by atoms with Crippen LogP contribution < -0.4 is 0 Å². The van der Waals surface area contributed by atoms with E-state index in [1.54, 1.807) is 54.6 Å². The molecule has 5 atom stereocenters. The number of pyridine rings is 1. The second kappa shape index (κ2) is 15.3. The smallest absolute Gasteiger partial charge is 0.303 e. The van der Waals surface area contributed by atoms with Gasteiger partial charge in [-0.2, -0.15) is 5.26 Å². The molecular formula is C34H31ClN2O10S. The van der Waals surface area contributed by atoms with E-state index >= 15 is 0 Å². The van der Waals surface area contributed by atoms with Gasteiger partial charge in [-0.1, -0.05) is 66.3 Å². The lowest BCUT2D eigenvalue weighted by molar-refractivity contribution is -0.268. The number of ether oxygens (including phenoxy) is 5. The summed E-state index contributed by atoms with van der Waals surface area (Å²) in [4.78, 5) is 62.9. The van der Waals surface area contributed by atoms with E-state index in [-0.39, 0.29) is 27.0 Å². The molecule has 14 heteroatoms. The summed E-state index contributed by atoms with van der Waals surface area (Å²) < 4.78 is 29.7. The van der Waals surface area contributed by atoms with Crippen molar-refractivity contribution in [2.24, 2.45) is 0 Å². The summed E-state index contributed by atoms with van der Waals surface area (Å²) in [6.45, 7) is 5.31. The van der Waals surface area contributed by atoms with Gasteiger partial charge >= 0.3 is 23.9 Å². The zero-order chi connectivity index (χ0) is 35.3. The lowest BCUT2D eigenvalue weighted by Gasteiger charge is -2.45. The van der Waals surface area contributed by atoms with Crippen LogP contribution in [0.3, 0.4) is 0 Å². The van der Waals surface area contributed by atoms with E-state index in [1.165, 1.54) is 11.5 Å². The Morgan fingerprint density at radius 1 is 0.812 bits per heavy atom. The first-order valence-electron chi connectivity index (χ1n) is 14.6. The molecular weight excluding hydrogens is 664 g/mol. The molecule has 250 valence electrons. The summed E-state index contributed by atoms with van der Waals surface area (Å²) in [5.41, 5.74) is 1.32. The highest BCUT2D eigenvalue weighted by molar-refractivity contribution is 7.71. The zero-order valence-electron chi connectivity index (χ0n) is 26.6. The predicted octanol–water partition coefficient (Wildman–Crippen LogP) is 5.53. The van der Waals surface area contributed by atoms with Crippen LogP contribution in [-0.4, -0.2) is 65.3 Å². The van der Waals surface area contributed by atoms with Crippen LogP contribution in [0.15, 0.2) is 54.6 Å². The number of carbonyl (C=O) groups excluding carboxylic acids is 5. The molecule has 2 heterocycles. The maximum atomic E-state index is 13.7. The van der Waals surface area contributed by atoms with Crippen molar-refractivity contribution in [3.8, 4) is 28.5 Å². The molecule has 1 aliphatic rings. The number of carbonyl (C=O) groups is 5. The van der Waals surface area contributed by atoms with Gasteiger partial charge in [0.25, 0.3) is 0 Å². The van der Waals surface area contributed by atoms with Gasteiger partial charge in [0.2, 0.25) is 0 Å². The van der Waals surface area contributed by atoms with E-state index in [1.807, 2.05) is 0 Å². The summed E-state index contributed by atoms with van der Waals surface area (Å²) in [6.07, 6.45) is -7.37. The number of ketones is 1. The molecule has 5 unspecified atom stereocenters. The van der Waals surface area contributed by atoms with E-state index in [4.69, 9.17) is 47.5 Å². The second-order valence-corrected chi connectivity index (χ2v) is 11.6. The Labute approximate surface area is 286 Å². The number of nitrogens with zero attached hydrogens (tertiary/aromatic N) is 2. The topological polar surface area (TPSA) is 160 Å². The van der Waals surface area contributed by atoms with Gasteiger partial charge in [0, 0.05) is 38.3 Å². The predicted molar refractivity (Wildman–Crippen MR) is 173 cm³/mol. The Hall–Kier alpha value is -4.90. The van der Waals surface area contributed by atoms with Gasteiger partial charge < -0.3 is 28.3 Å². The fourth-order valence-corrected chi connectivity index (χ4v) is 6.05. The van der Waals surface area contributed by atoms with E-state index in [2.05, 4.69) is 6.07 Å². The zero-order valence-corrected chi connectivity index (χ0v) is 28.1. The molecule has 0 bridgehead atoms. The normalized spacial score (nSPS) is 20.1. The summed E-state index contributed by atoms with van der Waals surface area (Å²) in [6, 6.07) is 17.2. The highest BCUT2D eigenvalue weighted by atomic mass is 35.5. The molecule has 0 N–H and O–H groups in total. The van der Waals surface area contributed by atoms with Crippen molar-refractivity contribution in [1.29, 1.82) is 5.26 Å². The van der Waals surface area contributed by atoms with Crippen molar-refractivity contribution >= 4 is 53.5 Å². The van der Waals surface area contributed by atoms with Crippen LogP contribution in [0.1, 0.15) is 56.8 Å². The number of nitriles is 1. The second-order valence-electron chi connectivity index (χ2n) is 10.8. The summed E-state index contributed by atoms with van der Waals surface area (Å²) in [5, 5.41) is 11.0. The Kier molecular flexibility index (Phi) is 11.5. The third-order valence-electron chi connectivity index (χ3n) is 7.28. The van der Waals surface area contributed by atoms with Crippen LogP contribution in [0.4, 0.5) is 0 Å². The number of aromatic nitrogens is 1. The number of hydrogen-bond donors (Lipinski definition) is 0. The van der Waals surface area contributed by atoms with Crippen LogP contribution in [-0.2, 0) is 42.9 Å². The molecule has 0 radical (unpaired) electrons. The fourth-order valence-electron chi connectivity index (χ4n) is 5.58. The molecule has 2 aromatic carbocycles. The first-order valence-corrected chi connectivity index (χ1v) is 15.4. The average Bonchev–Trinajstić information content (AvgIpc) is 3.01. The summed E-state index contributed by atoms with van der Waals surface area (Å²) in [5.74, 6) is -3.60. The van der Waals surface area contributed by atoms with Crippen molar-refractivity contribution in [2.75, 3.05) is 6.61 Å². The molecule has 3 aromatic rings. The number of hydrogen-bond acceptors (Lipinski definition) is 12. The van der Waals surface area contributed by atoms with Crippen molar-refractivity contribution in [2.45, 2.75) is 65.3 Å². The number of Topliss-reactive ketones (excluding diaryl/α,β-unsaturated/α-hetero) is 1. The minimum atomic E-state index is -1.56. The molecule has 0 amide bonds. The van der Waals surface area contributed by atoms with Crippen molar-refractivity contribution < 1.29 is 47.7 Å². The van der Waals surface area contributed by atoms with Crippen LogP contribution in [0.5, 0.6) is 0 Å². The molecule has 0 saturated carbocycles. The molecule has 0 aliphatic carbocycles. The molecule has 0 spiro atoms. The summed E-state index contributed by atoms with van der Waals surface area (Å²) in [7, 11) is 0. The minimum absolute atomic E-state index is 0.0709. The van der Waals surface area contributed by atoms with E-state index in [0.29, 0.717) is 16.1 Å². The third-order valence-corrected chi connectivity index (χ3v) is 7.93. The quantitative estimate of drug-likeness (QED) is 0.119. The van der Waals surface area contributed by atoms with Crippen molar-refractivity contribution in [3.05, 3.63) is 75.4 Å². The minimum Gasteiger partial charge on any atom is -0.463 e. The van der Waals surface area contributed by atoms with Gasteiger partial charge in [-0.3, -0.25) is 24.0 Å². The van der Waals surface area contributed by atoms with E-state index in [9.17, 15) is 29.2 Å². The van der Waals surface area contributed by atoms with Gasteiger partial charge in [-0.15, -0.1) is 0 Å². The van der Waals surface area contributed by atoms with Crippen LogP contribution in [0, 0.1) is 16.0 Å². The first-order chi connectivity index (χ1) is 22.7. The van der Waals surface area contributed by atoms with Crippen LogP contribution >= 0.6 is 23.8 Å². The van der Waals surface area contributed by atoms with Gasteiger partial charge in [-0.05, 0) is 30.2 Å². The highest BCUT2D eigenvalue weighted by Crippen LogP contribution is 2.43. The van der Waals surface area contributed by atoms with Gasteiger partial charge in [0.1, 0.15) is 23.4 Å². The maximum absolute atomic E-state index is 13.7. The molecule has 1 aromatic heterocycles. The standard InChI is InChI=1S/C34H31ClN2O10S/c1-17(38)27-28(22-11-13-24(35)14-12-22)25(15-36)34(48)37(29(27)23-9-7-6-8-10-23)33-32(46-21(5)42)31(45-20(4)41)30(44-19(3)40)26(47-33)16-43-18(2)39/h6-14,26,30-33H,16H2,1-5H3. The fraction of sp³-hybridized carbons (Fsp3) is 0.324. The lowest BCUT2D eigenvalue weighted by atomic mass is 9.89. The Morgan fingerprint density at radius 3 is 1.90 bits per heavy atom. The lowest BCUT2D eigenvalue weighted by Crippen LogP contribution is -2.60. The molecule has 4 rings (SSSR count). The number of halogens is 1. The number of rotatable bonds is 9. The van der Waals surface area contributed by atoms with Crippen LogP contribution in [0.2, 0.25) is 5.02 Å². The monoisotopic (exact) mass is 694 g/mol. The molecule has 48 heavy (non-hydrogen) atoms. The van der Waals surface area contributed by atoms with Gasteiger partial charge in [0.15, 0.2) is 30.3 Å². The Balaban J connectivity index is 2.17. The molecule has 1 fully saturated rings. The van der Waals surface area contributed by atoms with Crippen LogP contribution in [0.25, 0.3) is 22.4 Å². The number of benzene rings is 2. The average molecular weight is 695 g/mol. The van der Waals surface area contributed by atoms with Gasteiger partial charge in [0.05, 0.1) is 16.8 Å². The molecule has 1 saturated heterocycles.